The SMILES string of the molecule is CCCC[C@H]1Cc2ccccc2C(=O)O1. The van der Waals surface area contributed by atoms with Crippen molar-refractivity contribution < 1.29 is 9.53 Å². The van der Waals surface area contributed by atoms with Crippen molar-refractivity contribution in [3.8, 4) is 0 Å². The molecule has 1 aromatic carbocycles. The highest BCUT2D eigenvalue weighted by atomic mass is 16.5. The fraction of sp³-hybridized carbons (Fsp3) is 0.462. The second-order valence-electron chi connectivity index (χ2n) is 4.03. The summed E-state index contributed by atoms with van der Waals surface area (Å²) in [5, 5.41) is 0. The molecule has 2 heteroatoms. The van der Waals surface area contributed by atoms with Gasteiger partial charge in [0.15, 0.2) is 0 Å². The average molecular weight is 204 g/mol. The Hall–Kier alpha value is -1.31. The third-order valence-corrected chi connectivity index (χ3v) is 2.84. The molecule has 2 nitrogen and oxygen atoms in total. The molecule has 0 fully saturated rings. The number of carbonyl (C=O) groups excluding carboxylic acids is 1. The molecule has 15 heavy (non-hydrogen) atoms. The van der Waals surface area contributed by atoms with Crippen molar-refractivity contribution >= 4 is 5.97 Å². The van der Waals surface area contributed by atoms with Crippen LogP contribution in [0.25, 0.3) is 0 Å². The molecular weight excluding hydrogens is 188 g/mol. The molecule has 1 aliphatic rings. The lowest BCUT2D eigenvalue weighted by Gasteiger charge is -2.24. The number of rotatable bonds is 3. The zero-order chi connectivity index (χ0) is 10.7. The lowest BCUT2D eigenvalue weighted by molar-refractivity contribution is 0.0233. The van der Waals surface area contributed by atoms with Crippen LogP contribution in [0.5, 0.6) is 0 Å². The molecule has 0 amide bonds. The number of hydrogen-bond donors (Lipinski definition) is 0. The molecule has 0 bridgehead atoms. The van der Waals surface area contributed by atoms with Crippen molar-refractivity contribution in [2.24, 2.45) is 0 Å². The van der Waals surface area contributed by atoms with Gasteiger partial charge >= 0.3 is 5.97 Å². The van der Waals surface area contributed by atoms with Gasteiger partial charge in [0.05, 0.1) is 5.56 Å². The van der Waals surface area contributed by atoms with Crippen LogP contribution in [0.1, 0.15) is 42.1 Å². The Morgan fingerprint density at radius 3 is 3.00 bits per heavy atom. The molecule has 1 aromatic rings. The molecule has 0 saturated heterocycles. The van der Waals surface area contributed by atoms with E-state index in [9.17, 15) is 4.79 Å². The Morgan fingerprint density at radius 1 is 1.40 bits per heavy atom. The van der Waals surface area contributed by atoms with E-state index in [1.807, 2.05) is 24.3 Å². The lowest BCUT2D eigenvalue weighted by atomic mass is 9.96. The van der Waals surface area contributed by atoms with E-state index in [4.69, 9.17) is 4.74 Å². The van der Waals surface area contributed by atoms with Crippen LogP contribution < -0.4 is 0 Å². The predicted molar refractivity (Wildman–Crippen MR) is 58.9 cm³/mol. The van der Waals surface area contributed by atoms with Gasteiger partial charge in [-0.05, 0) is 18.1 Å². The van der Waals surface area contributed by atoms with Crippen LogP contribution in [0.2, 0.25) is 0 Å². The fourth-order valence-electron chi connectivity index (χ4n) is 1.99. The normalized spacial score (nSPS) is 19.5. The van der Waals surface area contributed by atoms with Crippen LogP contribution in [0.4, 0.5) is 0 Å². The third-order valence-electron chi connectivity index (χ3n) is 2.84. The van der Waals surface area contributed by atoms with Crippen LogP contribution in [0, 0.1) is 0 Å². The van der Waals surface area contributed by atoms with E-state index in [-0.39, 0.29) is 12.1 Å². The summed E-state index contributed by atoms with van der Waals surface area (Å²) in [7, 11) is 0. The van der Waals surface area contributed by atoms with Crippen LogP contribution in [-0.2, 0) is 11.2 Å². The Bertz CT molecular complexity index is 357. The number of ether oxygens (including phenoxy) is 1. The van der Waals surface area contributed by atoms with Gasteiger partial charge in [0, 0.05) is 6.42 Å². The molecule has 1 atom stereocenters. The maximum atomic E-state index is 11.6. The number of benzene rings is 1. The second-order valence-corrected chi connectivity index (χ2v) is 4.03. The van der Waals surface area contributed by atoms with Gasteiger partial charge in [-0.2, -0.15) is 0 Å². The van der Waals surface area contributed by atoms with E-state index < -0.39 is 0 Å². The van der Waals surface area contributed by atoms with Gasteiger partial charge in [0.25, 0.3) is 0 Å². The van der Waals surface area contributed by atoms with E-state index >= 15 is 0 Å². The van der Waals surface area contributed by atoms with Crippen LogP contribution in [0.15, 0.2) is 24.3 Å². The largest absolute Gasteiger partial charge is 0.458 e. The molecule has 2 rings (SSSR count). The van der Waals surface area contributed by atoms with Crippen LogP contribution in [0.3, 0.4) is 0 Å². The van der Waals surface area contributed by atoms with Crippen LogP contribution in [-0.4, -0.2) is 12.1 Å². The van der Waals surface area contributed by atoms with E-state index in [0.29, 0.717) is 0 Å². The van der Waals surface area contributed by atoms with Crippen molar-refractivity contribution in [1.29, 1.82) is 0 Å². The summed E-state index contributed by atoms with van der Waals surface area (Å²) in [6, 6.07) is 7.73. The average Bonchev–Trinajstić information content (AvgIpc) is 2.26. The Labute approximate surface area is 90.3 Å². The van der Waals surface area contributed by atoms with Gasteiger partial charge < -0.3 is 4.74 Å². The highest BCUT2D eigenvalue weighted by Crippen LogP contribution is 2.22. The highest BCUT2D eigenvalue weighted by Gasteiger charge is 2.24. The first-order chi connectivity index (χ1) is 7.31. The molecule has 0 N–H and O–H groups in total. The minimum Gasteiger partial charge on any atom is -0.458 e. The van der Waals surface area contributed by atoms with Gasteiger partial charge in [-0.25, -0.2) is 4.79 Å². The molecular formula is C13H16O2. The molecule has 1 heterocycles. The molecule has 1 aliphatic heterocycles. The van der Waals surface area contributed by atoms with Crippen molar-refractivity contribution in [2.75, 3.05) is 0 Å². The van der Waals surface area contributed by atoms with Crippen LogP contribution >= 0.6 is 0 Å². The standard InChI is InChI=1S/C13H16O2/c1-2-3-7-11-9-10-6-4-5-8-12(10)13(14)15-11/h4-6,8,11H,2-3,7,9H2,1H3/t11-/m0/s1. The van der Waals surface area contributed by atoms with E-state index in [0.717, 1.165) is 36.8 Å². The van der Waals surface area contributed by atoms with E-state index in [2.05, 4.69) is 6.92 Å². The molecule has 0 saturated carbocycles. The molecule has 0 aliphatic carbocycles. The van der Waals surface area contributed by atoms with Crippen molar-refractivity contribution in [2.45, 2.75) is 38.7 Å². The molecule has 0 unspecified atom stereocenters. The number of unbranched alkanes of at least 4 members (excludes halogenated alkanes) is 1. The molecule has 0 radical (unpaired) electrons. The first kappa shape index (κ1) is 10.2. The first-order valence-electron chi connectivity index (χ1n) is 5.60. The van der Waals surface area contributed by atoms with Gasteiger partial charge in [0.1, 0.15) is 6.10 Å². The van der Waals surface area contributed by atoms with Crippen molar-refractivity contribution in [3.05, 3.63) is 35.4 Å². The van der Waals surface area contributed by atoms with Crippen molar-refractivity contribution in [1.82, 2.24) is 0 Å². The third kappa shape index (κ3) is 2.20. The van der Waals surface area contributed by atoms with Gasteiger partial charge in [-0.1, -0.05) is 38.0 Å². The summed E-state index contributed by atoms with van der Waals surface area (Å²) in [5.74, 6) is -0.155. The van der Waals surface area contributed by atoms with Crippen molar-refractivity contribution in [3.63, 3.8) is 0 Å². The number of hydrogen-bond acceptors (Lipinski definition) is 2. The quantitative estimate of drug-likeness (QED) is 0.707. The topological polar surface area (TPSA) is 26.3 Å². The summed E-state index contributed by atoms with van der Waals surface area (Å²) in [6.45, 7) is 2.15. The second kappa shape index (κ2) is 4.47. The maximum absolute atomic E-state index is 11.6. The summed E-state index contributed by atoms with van der Waals surface area (Å²) < 4.78 is 5.38. The summed E-state index contributed by atoms with van der Waals surface area (Å²) in [5.41, 5.74) is 1.88. The Kier molecular flexibility index (Phi) is 3.05. The fourth-order valence-corrected chi connectivity index (χ4v) is 1.99. The number of esters is 1. The first-order valence-corrected chi connectivity index (χ1v) is 5.60. The smallest absolute Gasteiger partial charge is 0.338 e. The Morgan fingerprint density at radius 2 is 2.20 bits per heavy atom. The molecule has 80 valence electrons. The highest BCUT2D eigenvalue weighted by molar-refractivity contribution is 5.92. The van der Waals surface area contributed by atoms with Gasteiger partial charge in [0.2, 0.25) is 0 Å². The van der Waals surface area contributed by atoms with E-state index in [1.54, 1.807) is 0 Å². The predicted octanol–water partition coefficient (Wildman–Crippen LogP) is 2.96. The summed E-state index contributed by atoms with van der Waals surface area (Å²) >= 11 is 0. The number of carbonyl (C=O) groups is 1. The summed E-state index contributed by atoms with van der Waals surface area (Å²) in [6.07, 6.45) is 4.22. The maximum Gasteiger partial charge on any atom is 0.338 e. The van der Waals surface area contributed by atoms with Gasteiger partial charge in [-0.3, -0.25) is 0 Å². The van der Waals surface area contributed by atoms with Gasteiger partial charge in [-0.15, -0.1) is 0 Å². The monoisotopic (exact) mass is 204 g/mol. The summed E-state index contributed by atoms with van der Waals surface area (Å²) in [4.78, 5) is 11.6. The minimum atomic E-state index is -0.155. The molecule has 0 aromatic heterocycles. The number of fused-ring (bicyclic) bond motifs is 1. The zero-order valence-electron chi connectivity index (χ0n) is 9.03. The van der Waals surface area contributed by atoms with E-state index in [1.165, 1.54) is 0 Å². The minimum absolute atomic E-state index is 0.0901. The number of cyclic esters (lactones) is 1. The Balaban J connectivity index is 2.12. The lowest BCUT2D eigenvalue weighted by Crippen LogP contribution is -2.27. The molecule has 0 spiro atoms. The zero-order valence-corrected chi connectivity index (χ0v) is 9.03.